The third kappa shape index (κ3) is 7.60. The van der Waals surface area contributed by atoms with Gasteiger partial charge < -0.3 is 19.3 Å². The molecule has 0 aromatic carbocycles. The molecule has 0 saturated carbocycles. The fourth-order valence-corrected chi connectivity index (χ4v) is 4.39. The van der Waals surface area contributed by atoms with Gasteiger partial charge in [0.15, 0.2) is 5.82 Å². The number of ether oxygens (including phenoxy) is 2. The topological polar surface area (TPSA) is 138 Å². The summed E-state index contributed by atoms with van der Waals surface area (Å²) in [6, 6.07) is 1.20. The normalized spacial score (nSPS) is 19.6. The number of likely N-dealkylation sites (N-methyl/N-ethyl adjacent to an activating group) is 1. The van der Waals surface area contributed by atoms with E-state index in [1.165, 1.54) is 12.4 Å². The van der Waals surface area contributed by atoms with Gasteiger partial charge in [0.25, 0.3) is 0 Å². The summed E-state index contributed by atoms with van der Waals surface area (Å²) in [6.45, 7) is 5.29. The standard InChI is InChI=1S/C24H34FN9O4/c1-3-37-21-14-27-20(13-28-21)30-23(35)32(2)18-5-4-9-34(16-18)22-26-8-6-19(29-22)31-24(36)38-12-11-33-10-7-17(25)15-33/h6,8,13-14,17-18H,3-5,7,9-12,15-16H2,1-2H3,(H,27,30,35)(H,26,29,31,36)/t17-,18+/m0/s1. The first-order valence-electron chi connectivity index (χ1n) is 12.8. The Bertz CT molecular complexity index is 1080. The zero-order valence-corrected chi connectivity index (χ0v) is 21.7. The van der Waals surface area contributed by atoms with Crippen LogP contribution in [0.4, 0.5) is 31.6 Å². The lowest BCUT2D eigenvalue weighted by atomic mass is 10.1. The molecular formula is C24H34FN9O4. The minimum atomic E-state index is -0.806. The largest absolute Gasteiger partial charge is 0.477 e. The predicted molar refractivity (Wildman–Crippen MR) is 138 cm³/mol. The number of amides is 3. The quantitative estimate of drug-likeness (QED) is 0.496. The van der Waals surface area contributed by atoms with E-state index >= 15 is 0 Å². The van der Waals surface area contributed by atoms with Gasteiger partial charge >= 0.3 is 12.1 Å². The van der Waals surface area contributed by atoms with Crippen molar-refractivity contribution in [2.45, 2.75) is 38.4 Å². The summed E-state index contributed by atoms with van der Waals surface area (Å²) in [4.78, 5) is 47.6. The Hall–Kier alpha value is -3.81. The molecule has 2 atom stereocenters. The van der Waals surface area contributed by atoms with E-state index < -0.39 is 12.3 Å². The molecule has 3 amide bonds. The van der Waals surface area contributed by atoms with E-state index in [1.807, 2.05) is 16.7 Å². The number of carbonyl (C=O) groups excluding carboxylic acids is 2. The minimum Gasteiger partial charge on any atom is -0.477 e. The second-order valence-electron chi connectivity index (χ2n) is 9.15. The van der Waals surface area contributed by atoms with E-state index in [2.05, 4.69) is 30.6 Å². The molecule has 38 heavy (non-hydrogen) atoms. The van der Waals surface area contributed by atoms with Crippen LogP contribution in [-0.4, -0.2) is 107 Å². The number of hydrogen-bond acceptors (Lipinski definition) is 10. The van der Waals surface area contributed by atoms with Crippen LogP contribution in [0.15, 0.2) is 24.7 Å². The van der Waals surface area contributed by atoms with Gasteiger partial charge in [-0.1, -0.05) is 0 Å². The zero-order chi connectivity index (χ0) is 26.9. The number of likely N-dealkylation sites (tertiary alicyclic amines) is 1. The number of piperidine rings is 1. The third-order valence-electron chi connectivity index (χ3n) is 6.43. The van der Waals surface area contributed by atoms with Crippen molar-refractivity contribution in [2.75, 3.05) is 68.5 Å². The van der Waals surface area contributed by atoms with Gasteiger partial charge in [-0.15, -0.1) is 0 Å². The molecule has 13 nitrogen and oxygen atoms in total. The fraction of sp³-hybridized carbons (Fsp3) is 0.583. The van der Waals surface area contributed by atoms with Crippen LogP contribution in [0.5, 0.6) is 5.88 Å². The van der Waals surface area contributed by atoms with Gasteiger partial charge in [0.05, 0.1) is 25.0 Å². The van der Waals surface area contributed by atoms with Gasteiger partial charge in [-0.3, -0.25) is 15.5 Å². The molecule has 206 valence electrons. The van der Waals surface area contributed by atoms with E-state index in [-0.39, 0.29) is 18.7 Å². The van der Waals surface area contributed by atoms with E-state index in [4.69, 9.17) is 9.47 Å². The van der Waals surface area contributed by atoms with Crippen molar-refractivity contribution in [3.63, 3.8) is 0 Å². The van der Waals surface area contributed by atoms with Crippen molar-refractivity contribution in [3.8, 4) is 5.88 Å². The first-order valence-corrected chi connectivity index (χ1v) is 12.8. The van der Waals surface area contributed by atoms with Crippen LogP contribution in [0, 0.1) is 0 Å². The summed E-state index contributed by atoms with van der Waals surface area (Å²) >= 11 is 0. The second-order valence-corrected chi connectivity index (χ2v) is 9.15. The van der Waals surface area contributed by atoms with Gasteiger partial charge in [0.1, 0.15) is 18.6 Å². The molecule has 0 spiro atoms. The third-order valence-corrected chi connectivity index (χ3v) is 6.43. The summed E-state index contributed by atoms with van der Waals surface area (Å²) in [5.74, 6) is 1.49. The summed E-state index contributed by atoms with van der Waals surface area (Å²) in [5, 5.41) is 5.37. The molecule has 2 aromatic rings. The smallest absolute Gasteiger partial charge is 0.412 e. The highest BCUT2D eigenvalue weighted by molar-refractivity contribution is 5.88. The first kappa shape index (κ1) is 27.2. The highest BCUT2D eigenvalue weighted by Gasteiger charge is 2.28. The van der Waals surface area contributed by atoms with Crippen molar-refractivity contribution >= 4 is 29.7 Å². The molecule has 0 bridgehead atoms. The number of aromatic nitrogens is 4. The summed E-state index contributed by atoms with van der Waals surface area (Å²) in [5.41, 5.74) is 0. The van der Waals surface area contributed by atoms with Gasteiger partial charge in [-0.25, -0.2) is 28.9 Å². The highest BCUT2D eigenvalue weighted by atomic mass is 19.1. The molecule has 2 aromatic heterocycles. The number of alkyl halides is 1. The molecular weight excluding hydrogens is 497 g/mol. The molecule has 2 fully saturated rings. The van der Waals surface area contributed by atoms with Crippen LogP contribution in [0.3, 0.4) is 0 Å². The number of carbonyl (C=O) groups is 2. The molecule has 2 saturated heterocycles. The first-order chi connectivity index (χ1) is 18.4. The second kappa shape index (κ2) is 13.1. The van der Waals surface area contributed by atoms with Crippen LogP contribution in [0.1, 0.15) is 26.2 Å². The minimum absolute atomic E-state index is 0.0842. The maximum absolute atomic E-state index is 13.3. The maximum atomic E-state index is 13.3. The lowest BCUT2D eigenvalue weighted by molar-refractivity contribution is 0.144. The number of hydrogen-bond donors (Lipinski definition) is 2. The highest BCUT2D eigenvalue weighted by Crippen LogP contribution is 2.21. The molecule has 14 heteroatoms. The van der Waals surface area contributed by atoms with Crippen molar-refractivity contribution in [1.82, 2.24) is 29.7 Å². The Kier molecular flexibility index (Phi) is 9.40. The SMILES string of the molecule is CCOc1cnc(NC(=O)N(C)[C@@H]2CCCN(c3nccc(NC(=O)OCCN4CC[C@H](F)C4)n3)C2)cn1. The average molecular weight is 532 g/mol. The van der Waals surface area contributed by atoms with Crippen molar-refractivity contribution in [3.05, 3.63) is 24.7 Å². The van der Waals surface area contributed by atoms with E-state index in [0.717, 1.165) is 19.4 Å². The van der Waals surface area contributed by atoms with Crippen LogP contribution in [0.25, 0.3) is 0 Å². The lowest BCUT2D eigenvalue weighted by Gasteiger charge is -2.37. The number of anilines is 3. The molecule has 2 aliphatic heterocycles. The molecule has 0 aliphatic carbocycles. The predicted octanol–water partition coefficient (Wildman–Crippen LogP) is 2.39. The van der Waals surface area contributed by atoms with Crippen LogP contribution in [0.2, 0.25) is 0 Å². The van der Waals surface area contributed by atoms with Gasteiger partial charge in [-0.05, 0) is 32.3 Å². The summed E-state index contributed by atoms with van der Waals surface area (Å²) < 4.78 is 23.7. The van der Waals surface area contributed by atoms with Gasteiger partial charge in [-0.2, -0.15) is 4.98 Å². The van der Waals surface area contributed by atoms with E-state index in [1.54, 1.807) is 24.2 Å². The Morgan fingerprint density at radius 2 is 2.00 bits per heavy atom. The number of halogens is 1. The Labute approximate surface area is 220 Å². The Morgan fingerprint density at radius 1 is 1.13 bits per heavy atom. The summed E-state index contributed by atoms with van der Waals surface area (Å²) in [6.07, 6.45) is 5.22. The van der Waals surface area contributed by atoms with Crippen LogP contribution in [-0.2, 0) is 4.74 Å². The van der Waals surface area contributed by atoms with Crippen molar-refractivity contribution in [1.29, 1.82) is 0 Å². The molecule has 0 unspecified atom stereocenters. The Balaban J connectivity index is 1.27. The van der Waals surface area contributed by atoms with Crippen molar-refractivity contribution < 1.29 is 23.5 Å². The van der Waals surface area contributed by atoms with Crippen LogP contribution >= 0.6 is 0 Å². The average Bonchev–Trinajstić information content (AvgIpc) is 3.34. The molecule has 0 radical (unpaired) electrons. The molecule has 4 heterocycles. The lowest BCUT2D eigenvalue weighted by Crippen LogP contribution is -2.50. The van der Waals surface area contributed by atoms with Gasteiger partial charge in [0, 0.05) is 46.0 Å². The number of rotatable bonds is 9. The monoisotopic (exact) mass is 531 g/mol. The number of nitrogens with one attached hydrogen (secondary N) is 2. The number of nitrogens with zero attached hydrogens (tertiary/aromatic N) is 7. The number of urea groups is 1. The van der Waals surface area contributed by atoms with Gasteiger partial charge in [0.2, 0.25) is 11.8 Å². The van der Waals surface area contributed by atoms with Crippen molar-refractivity contribution in [2.24, 2.45) is 0 Å². The van der Waals surface area contributed by atoms with E-state index in [9.17, 15) is 14.0 Å². The maximum Gasteiger partial charge on any atom is 0.412 e. The Morgan fingerprint density at radius 3 is 2.74 bits per heavy atom. The fourth-order valence-electron chi connectivity index (χ4n) is 4.39. The molecule has 2 N–H and O–H groups in total. The van der Waals surface area contributed by atoms with E-state index in [0.29, 0.717) is 62.7 Å². The summed E-state index contributed by atoms with van der Waals surface area (Å²) in [7, 11) is 1.73. The van der Waals surface area contributed by atoms with Crippen LogP contribution < -0.4 is 20.3 Å². The molecule has 4 rings (SSSR count). The molecule has 2 aliphatic rings. The zero-order valence-electron chi connectivity index (χ0n) is 21.7.